The number of hydrogen-bond donors (Lipinski definition) is 1. The quantitative estimate of drug-likeness (QED) is 0.803. The Morgan fingerprint density at radius 1 is 1.16 bits per heavy atom. The third-order valence-corrected chi connectivity index (χ3v) is 3.29. The number of benzene rings is 1. The highest BCUT2D eigenvalue weighted by atomic mass is 15.1. The molecule has 1 N–H and O–H groups in total. The van der Waals surface area contributed by atoms with Crippen molar-refractivity contribution in [3.63, 3.8) is 0 Å². The molecular formula is C16H21N3. The van der Waals surface area contributed by atoms with E-state index < -0.39 is 0 Å². The summed E-state index contributed by atoms with van der Waals surface area (Å²) < 4.78 is 0. The number of hydrogen-bond acceptors (Lipinski definition) is 2. The van der Waals surface area contributed by atoms with Gasteiger partial charge in [0.1, 0.15) is 5.82 Å². The van der Waals surface area contributed by atoms with Crippen LogP contribution < -0.4 is 0 Å². The minimum absolute atomic E-state index is 0.783. The van der Waals surface area contributed by atoms with E-state index in [1.165, 1.54) is 11.1 Å². The molecule has 0 bridgehead atoms. The van der Waals surface area contributed by atoms with E-state index in [4.69, 9.17) is 0 Å². The topological polar surface area (TPSA) is 31.9 Å². The Kier molecular flexibility index (Phi) is 4.17. The molecule has 0 aliphatic carbocycles. The van der Waals surface area contributed by atoms with Crippen molar-refractivity contribution in [2.75, 3.05) is 13.1 Å². The normalized spacial score (nSPS) is 11.1. The van der Waals surface area contributed by atoms with Gasteiger partial charge in [-0.05, 0) is 37.1 Å². The molecule has 1 heterocycles. The summed E-state index contributed by atoms with van der Waals surface area (Å²) in [4.78, 5) is 10.3. The maximum Gasteiger partial charge on any atom is 0.121 e. The number of aromatic nitrogens is 2. The zero-order valence-electron chi connectivity index (χ0n) is 11.7. The number of nitrogens with zero attached hydrogens (tertiary/aromatic N) is 2. The van der Waals surface area contributed by atoms with Gasteiger partial charge in [-0.15, -0.1) is 13.2 Å². The molecule has 0 spiro atoms. The number of fused-ring (bicyclic) bond motifs is 1. The van der Waals surface area contributed by atoms with Crippen molar-refractivity contribution in [1.29, 1.82) is 0 Å². The van der Waals surface area contributed by atoms with Gasteiger partial charge in [-0.25, -0.2) is 4.98 Å². The van der Waals surface area contributed by atoms with Crippen molar-refractivity contribution in [2.45, 2.75) is 20.4 Å². The van der Waals surface area contributed by atoms with Gasteiger partial charge >= 0.3 is 0 Å². The monoisotopic (exact) mass is 255 g/mol. The van der Waals surface area contributed by atoms with Crippen molar-refractivity contribution in [2.24, 2.45) is 0 Å². The highest BCUT2D eigenvalue weighted by Gasteiger charge is 2.08. The van der Waals surface area contributed by atoms with Crippen molar-refractivity contribution in [1.82, 2.24) is 14.9 Å². The minimum atomic E-state index is 0.783. The summed E-state index contributed by atoms with van der Waals surface area (Å²) in [6.07, 6.45) is 3.81. The Balaban J connectivity index is 2.25. The van der Waals surface area contributed by atoms with E-state index in [-0.39, 0.29) is 0 Å². The summed E-state index contributed by atoms with van der Waals surface area (Å²) in [5.41, 5.74) is 4.71. The van der Waals surface area contributed by atoms with Gasteiger partial charge in [-0.2, -0.15) is 0 Å². The van der Waals surface area contributed by atoms with Gasteiger partial charge in [-0.3, -0.25) is 4.90 Å². The molecule has 0 fully saturated rings. The van der Waals surface area contributed by atoms with Gasteiger partial charge in [0.2, 0.25) is 0 Å². The van der Waals surface area contributed by atoms with Gasteiger partial charge in [0, 0.05) is 13.1 Å². The molecule has 0 aliphatic rings. The predicted molar refractivity (Wildman–Crippen MR) is 81.2 cm³/mol. The Hall–Kier alpha value is -1.87. The molecule has 0 saturated heterocycles. The lowest BCUT2D eigenvalue weighted by atomic mass is 10.1. The molecule has 1 aromatic heterocycles. The molecule has 3 nitrogen and oxygen atoms in total. The zero-order chi connectivity index (χ0) is 13.8. The van der Waals surface area contributed by atoms with Gasteiger partial charge < -0.3 is 4.98 Å². The van der Waals surface area contributed by atoms with E-state index in [0.29, 0.717) is 0 Å². The number of H-pyrrole nitrogens is 1. The summed E-state index contributed by atoms with van der Waals surface area (Å²) in [6, 6.07) is 4.29. The maximum atomic E-state index is 4.65. The van der Waals surface area contributed by atoms with Crippen LogP contribution in [0.4, 0.5) is 0 Å². The van der Waals surface area contributed by atoms with Crippen LogP contribution in [0.2, 0.25) is 0 Å². The Morgan fingerprint density at radius 2 is 1.79 bits per heavy atom. The van der Waals surface area contributed by atoms with Crippen molar-refractivity contribution < 1.29 is 0 Å². The zero-order valence-corrected chi connectivity index (χ0v) is 11.7. The van der Waals surface area contributed by atoms with Crippen LogP contribution in [0.3, 0.4) is 0 Å². The SMILES string of the molecule is C=CCN(CC=C)Cc1nc2cc(C)c(C)cc2[nH]1. The number of imidazole rings is 1. The molecule has 0 radical (unpaired) electrons. The molecule has 2 rings (SSSR count). The highest BCUT2D eigenvalue weighted by molar-refractivity contribution is 5.77. The second-order valence-electron chi connectivity index (χ2n) is 4.91. The summed E-state index contributed by atoms with van der Waals surface area (Å²) in [7, 11) is 0. The van der Waals surface area contributed by atoms with Gasteiger partial charge in [0.15, 0.2) is 0 Å². The highest BCUT2D eigenvalue weighted by Crippen LogP contribution is 2.17. The fourth-order valence-corrected chi connectivity index (χ4v) is 2.18. The molecular weight excluding hydrogens is 234 g/mol. The standard InChI is InChI=1S/C16H21N3/c1-5-7-19(8-6-2)11-16-17-14-9-12(3)13(4)10-15(14)18-16/h5-6,9-10H,1-2,7-8,11H2,3-4H3,(H,17,18). The lowest BCUT2D eigenvalue weighted by molar-refractivity contribution is 0.320. The molecule has 0 atom stereocenters. The van der Waals surface area contributed by atoms with Crippen LogP contribution in [-0.2, 0) is 6.54 Å². The summed E-state index contributed by atoms with van der Waals surface area (Å²) in [5.74, 6) is 0.990. The van der Waals surface area contributed by atoms with Crippen molar-refractivity contribution in [3.8, 4) is 0 Å². The van der Waals surface area contributed by atoms with Crippen LogP contribution in [0.15, 0.2) is 37.4 Å². The van der Waals surface area contributed by atoms with E-state index in [2.05, 4.69) is 54.0 Å². The summed E-state index contributed by atoms with van der Waals surface area (Å²) in [5, 5.41) is 0. The fourth-order valence-electron chi connectivity index (χ4n) is 2.18. The second-order valence-corrected chi connectivity index (χ2v) is 4.91. The van der Waals surface area contributed by atoms with Gasteiger partial charge in [0.05, 0.1) is 17.6 Å². The molecule has 0 aliphatic heterocycles. The van der Waals surface area contributed by atoms with Crippen LogP contribution in [0.5, 0.6) is 0 Å². The maximum absolute atomic E-state index is 4.65. The fraction of sp³-hybridized carbons (Fsp3) is 0.312. The molecule has 2 aromatic rings. The van der Waals surface area contributed by atoms with Gasteiger partial charge in [0.25, 0.3) is 0 Å². The third kappa shape index (κ3) is 3.12. The van der Waals surface area contributed by atoms with E-state index in [1.807, 2.05) is 12.2 Å². The second kappa shape index (κ2) is 5.85. The third-order valence-electron chi connectivity index (χ3n) is 3.29. The van der Waals surface area contributed by atoms with Crippen LogP contribution in [0.25, 0.3) is 11.0 Å². The Morgan fingerprint density at radius 3 is 2.42 bits per heavy atom. The first-order chi connectivity index (χ1) is 9.13. The number of nitrogens with one attached hydrogen (secondary N) is 1. The van der Waals surface area contributed by atoms with E-state index in [9.17, 15) is 0 Å². The van der Waals surface area contributed by atoms with Crippen LogP contribution in [0, 0.1) is 13.8 Å². The first kappa shape index (κ1) is 13.6. The predicted octanol–water partition coefficient (Wildman–Crippen LogP) is 3.35. The van der Waals surface area contributed by atoms with E-state index in [0.717, 1.165) is 36.5 Å². The smallest absolute Gasteiger partial charge is 0.121 e. The summed E-state index contributed by atoms with van der Waals surface area (Å²) >= 11 is 0. The van der Waals surface area contributed by atoms with Crippen LogP contribution in [-0.4, -0.2) is 28.0 Å². The average Bonchev–Trinajstić information content (AvgIpc) is 2.72. The number of aromatic amines is 1. The largest absolute Gasteiger partial charge is 0.341 e. The molecule has 0 unspecified atom stereocenters. The molecule has 100 valence electrons. The van der Waals surface area contributed by atoms with E-state index >= 15 is 0 Å². The van der Waals surface area contributed by atoms with E-state index in [1.54, 1.807) is 0 Å². The minimum Gasteiger partial charge on any atom is -0.341 e. The number of aryl methyl sites for hydroxylation is 2. The lowest BCUT2D eigenvalue weighted by Gasteiger charge is -2.16. The molecule has 3 heteroatoms. The van der Waals surface area contributed by atoms with Crippen LogP contribution >= 0.6 is 0 Å². The van der Waals surface area contributed by atoms with Gasteiger partial charge in [-0.1, -0.05) is 12.2 Å². The molecule has 0 amide bonds. The first-order valence-corrected chi connectivity index (χ1v) is 6.54. The number of rotatable bonds is 6. The molecule has 1 aromatic carbocycles. The molecule has 19 heavy (non-hydrogen) atoms. The van der Waals surface area contributed by atoms with Crippen molar-refractivity contribution >= 4 is 11.0 Å². The van der Waals surface area contributed by atoms with Crippen molar-refractivity contribution in [3.05, 3.63) is 54.4 Å². The molecule has 0 saturated carbocycles. The first-order valence-electron chi connectivity index (χ1n) is 6.54. The van der Waals surface area contributed by atoms with Crippen LogP contribution in [0.1, 0.15) is 17.0 Å². The Bertz CT molecular complexity index is 546. The summed E-state index contributed by atoms with van der Waals surface area (Å²) in [6.45, 7) is 14.3. The average molecular weight is 255 g/mol. The lowest BCUT2D eigenvalue weighted by Crippen LogP contribution is -2.23. The Labute approximate surface area is 114 Å².